The van der Waals surface area contributed by atoms with Crippen molar-refractivity contribution in [3.05, 3.63) is 485 Å². The van der Waals surface area contributed by atoms with E-state index in [0.29, 0.717) is 0 Å². The summed E-state index contributed by atoms with van der Waals surface area (Å²) in [6, 6.07) is 174. The van der Waals surface area contributed by atoms with Gasteiger partial charge in [0.25, 0.3) is 7.98 Å². The summed E-state index contributed by atoms with van der Waals surface area (Å²) in [6.45, 7) is 0. The SMILES string of the molecule is C.[B]N=P.c1ccc(N(c2ccc(-c3ccc(N(c4ccccc4)c4cccc5ccccc45)cc3)cc2)c2cccc3ccccc23)cc1.c1ccc(N(c2ccc(N(c3ccc(N(c4ccccc4)c4ccc5ccccc5c4)cc3)c3ccc(N(c4ccccc4)c4ccc5ccccc5c4)cc3)cc2)c2ccc3ccccc3c2)cc1. The second kappa shape index (κ2) is 36.2. The number of fused-ring (bicyclic) bond motifs is 5. The predicted molar refractivity (Wildman–Crippen MR) is 517 cm³/mol. The molecule has 0 aromatic heterocycles. The van der Waals surface area contributed by atoms with Gasteiger partial charge >= 0.3 is 0 Å². The molecule has 0 aliphatic rings. The molecule has 0 bridgehead atoms. The lowest BCUT2D eigenvalue weighted by Crippen LogP contribution is -2.14. The molecule has 120 heavy (non-hydrogen) atoms. The lowest BCUT2D eigenvalue weighted by Gasteiger charge is -2.30. The Kier molecular flexibility index (Phi) is 23.3. The van der Waals surface area contributed by atoms with E-state index in [2.05, 4.69) is 536 Å². The van der Waals surface area contributed by atoms with Gasteiger partial charge in [-0.05, 0) is 270 Å². The van der Waals surface area contributed by atoms with E-state index in [4.69, 9.17) is 0 Å². The molecule has 0 spiro atoms. The first-order valence-corrected chi connectivity index (χ1v) is 40.5. The second-order valence-electron chi connectivity index (χ2n) is 29.1. The summed E-state index contributed by atoms with van der Waals surface area (Å²) in [7, 11) is 6.97. The summed E-state index contributed by atoms with van der Waals surface area (Å²) < 4.78 is 2.81. The van der Waals surface area contributed by atoms with E-state index < -0.39 is 0 Å². The summed E-state index contributed by atoms with van der Waals surface area (Å²) in [5.74, 6) is 0. The van der Waals surface area contributed by atoms with Crippen LogP contribution in [0.2, 0.25) is 0 Å². The first-order chi connectivity index (χ1) is 58.9. The molecule has 9 heteroatoms. The predicted octanol–water partition coefficient (Wildman–Crippen LogP) is 32.7. The van der Waals surface area contributed by atoms with Crippen LogP contribution in [0, 0.1) is 0 Å². The zero-order valence-electron chi connectivity index (χ0n) is 65.4. The highest BCUT2D eigenvalue weighted by atomic mass is 31.0. The van der Waals surface area contributed by atoms with Gasteiger partial charge in [-0.15, -0.1) is 0 Å². The van der Waals surface area contributed by atoms with E-state index in [1.54, 1.807) is 0 Å². The Hall–Kier alpha value is -15.3. The van der Waals surface area contributed by atoms with Gasteiger partial charge in [-0.25, -0.2) is 0 Å². The fourth-order valence-electron chi connectivity index (χ4n) is 16.1. The van der Waals surface area contributed by atoms with Crippen LogP contribution >= 0.6 is 9.03 Å². The zero-order valence-corrected chi connectivity index (χ0v) is 66.4. The highest BCUT2D eigenvalue weighted by molar-refractivity contribution is 7.05. The van der Waals surface area contributed by atoms with Crippen molar-refractivity contribution < 1.29 is 0 Å². The standard InChI is InChI=1S/C66H48N4.C44H32N2.CH4.BHNP/c1-4-22-55(23-5-1)68(64-31-28-49-16-10-13-19-52(49)46-64)61-40-34-58(35-41-61)67(59-36-42-62(43-37-59)69(56-24-6-2-7-25-56)65-32-29-50-17-11-14-20-53(50)47-65)60-38-44-63(45-39-60)70(57-26-8-3-9-27-57)66-33-30-51-18-12-15-21-54(51)48-66;1-3-17-37(18-4-1)45(43-23-11-15-35-13-7-9-21-41(35)43)39-29-25-33(26-30-39)34-27-31-40(32-28-34)46(38-19-5-2-6-20-38)44-24-12-16-36-14-8-10-22-42(36)44;;1-2-3/h1-48H;1-32H;1H4;3H. The topological polar surface area (TPSA) is 31.8 Å². The van der Waals surface area contributed by atoms with Crippen LogP contribution in [0.4, 0.5) is 102 Å². The average Bonchev–Trinajstić information content (AvgIpc) is 0.779. The number of hydrogen-bond donors (Lipinski definition) is 0. The Morgan fingerprint density at radius 2 is 0.333 bits per heavy atom. The van der Waals surface area contributed by atoms with Gasteiger partial charge in [0.2, 0.25) is 0 Å². The third-order valence-electron chi connectivity index (χ3n) is 21.7. The quantitative estimate of drug-likeness (QED) is 0.0593. The average molecular weight is 1560 g/mol. The largest absolute Gasteiger partial charge is 0.344 e. The van der Waals surface area contributed by atoms with Crippen LogP contribution in [0.5, 0.6) is 0 Å². The third-order valence-corrected chi connectivity index (χ3v) is 21.7. The molecule has 0 heterocycles. The van der Waals surface area contributed by atoms with Gasteiger partial charge in [-0.2, -0.15) is 0 Å². The first-order valence-electron chi connectivity index (χ1n) is 40.0. The van der Waals surface area contributed by atoms with Gasteiger partial charge < -0.3 is 34.1 Å². The maximum Gasteiger partial charge on any atom is 0.265 e. The number of para-hydroxylation sites is 5. The summed E-state index contributed by atoms with van der Waals surface area (Å²) in [5, 5.41) is 12.2. The van der Waals surface area contributed by atoms with Crippen LogP contribution in [0.3, 0.4) is 0 Å². The Labute approximate surface area is 706 Å². The van der Waals surface area contributed by atoms with Crippen LogP contribution in [-0.4, -0.2) is 7.98 Å². The van der Waals surface area contributed by atoms with Crippen molar-refractivity contribution in [2.45, 2.75) is 7.43 Å². The summed E-state index contributed by atoms with van der Waals surface area (Å²) in [4.78, 5) is 14.0. The van der Waals surface area contributed by atoms with Crippen molar-refractivity contribution in [2.75, 3.05) is 29.4 Å². The minimum Gasteiger partial charge on any atom is -0.344 e. The van der Waals surface area contributed by atoms with Crippen LogP contribution in [0.25, 0.3) is 65.0 Å². The van der Waals surface area contributed by atoms with Crippen LogP contribution in [0.1, 0.15) is 7.43 Å². The molecule has 0 unspecified atom stereocenters. The molecule has 0 N–H and O–H groups in total. The Morgan fingerprint density at radius 3 is 0.600 bits per heavy atom. The first kappa shape index (κ1) is 77.3. The van der Waals surface area contributed by atoms with Crippen molar-refractivity contribution in [3.63, 3.8) is 0 Å². The van der Waals surface area contributed by atoms with E-state index in [-0.39, 0.29) is 7.43 Å². The molecule has 0 saturated heterocycles. The summed E-state index contributed by atoms with van der Waals surface area (Å²) >= 11 is 0. The molecule has 2 radical (unpaired) electrons. The highest BCUT2D eigenvalue weighted by Crippen LogP contribution is 2.47. The molecule has 20 aromatic rings. The lowest BCUT2D eigenvalue weighted by molar-refractivity contribution is 1.24. The smallest absolute Gasteiger partial charge is 0.265 e. The van der Waals surface area contributed by atoms with Crippen LogP contribution in [0.15, 0.2) is 490 Å². The third kappa shape index (κ3) is 16.6. The Balaban J connectivity index is 0.000000178. The van der Waals surface area contributed by atoms with Crippen LogP contribution in [-0.2, 0) is 0 Å². The number of rotatable bonds is 19. The van der Waals surface area contributed by atoms with E-state index >= 15 is 0 Å². The Bertz CT molecular complexity index is 6260. The fourth-order valence-corrected chi connectivity index (χ4v) is 16.1. The zero-order chi connectivity index (χ0) is 80.1. The van der Waals surface area contributed by atoms with Gasteiger partial charge in [0.15, 0.2) is 0 Å². The van der Waals surface area contributed by atoms with Crippen molar-refractivity contribution in [2.24, 2.45) is 4.66 Å². The monoisotopic (exact) mass is 1560 g/mol. The van der Waals surface area contributed by atoms with Gasteiger partial charge in [0.05, 0.1) is 11.4 Å². The molecule has 20 rings (SSSR count). The number of nitrogens with zero attached hydrogens (tertiary/aromatic N) is 7. The number of hydrogen-bond acceptors (Lipinski definition) is 7. The van der Waals surface area contributed by atoms with Crippen molar-refractivity contribution in [3.8, 4) is 11.1 Å². The number of anilines is 18. The van der Waals surface area contributed by atoms with E-state index in [9.17, 15) is 0 Å². The molecule has 0 aliphatic carbocycles. The molecular formula is C111H85BN7P. The molecule has 0 aliphatic heterocycles. The van der Waals surface area contributed by atoms with Gasteiger partial charge in [-0.1, -0.05) is 286 Å². The van der Waals surface area contributed by atoms with E-state index in [0.717, 1.165) is 102 Å². The van der Waals surface area contributed by atoms with Gasteiger partial charge in [0, 0.05) is 102 Å². The second-order valence-corrected chi connectivity index (χ2v) is 29.3. The Morgan fingerprint density at radius 1 is 0.158 bits per heavy atom. The molecule has 0 fully saturated rings. The molecule has 572 valence electrons. The maximum atomic E-state index is 4.39. The molecule has 20 aromatic carbocycles. The lowest BCUT2D eigenvalue weighted by atomic mass is 10.0. The van der Waals surface area contributed by atoms with Crippen molar-refractivity contribution >= 4 is 173 Å². The van der Waals surface area contributed by atoms with E-state index in [1.165, 1.54) is 65.0 Å². The van der Waals surface area contributed by atoms with Gasteiger partial charge in [-0.3, -0.25) is 0 Å². The maximum absolute atomic E-state index is 4.39. The minimum absolute atomic E-state index is 0. The molecule has 0 atom stereocenters. The summed E-state index contributed by atoms with van der Waals surface area (Å²) in [5.41, 5.74) is 22.1. The molecule has 7 nitrogen and oxygen atoms in total. The van der Waals surface area contributed by atoms with Crippen molar-refractivity contribution in [1.29, 1.82) is 0 Å². The summed E-state index contributed by atoms with van der Waals surface area (Å²) in [6.07, 6.45) is 0. The molecular weight excluding hydrogens is 1470 g/mol. The minimum atomic E-state index is 0. The van der Waals surface area contributed by atoms with E-state index in [1.807, 2.05) is 0 Å². The molecule has 0 saturated carbocycles. The normalized spacial score (nSPS) is 10.8. The fraction of sp³-hybridized carbons (Fsp3) is 0.00901. The van der Waals surface area contributed by atoms with Crippen molar-refractivity contribution in [1.82, 2.24) is 0 Å². The van der Waals surface area contributed by atoms with Crippen LogP contribution < -0.4 is 29.4 Å². The number of benzene rings is 20. The highest BCUT2D eigenvalue weighted by Gasteiger charge is 2.23. The molecule has 0 amide bonds. The van der Waals surface area contributed by atoms with Gasteiger partial charge in [0.1, 0.15) is 0 Å².